The first-order chi connectivity index (χ1) is 5.83. The van der Waals surface area contributed by atoms with E-state index in [9.17, 15) is 4.79 Å². The van der Waals surface area contributed by atoms with Crippen LogP contribution in [0, 0.1) is 0 Å². The number of hydrogen-bond acceptors (Lipinski definition) is 2. The molecule has 0 aromatic rings. The van der Waals surface area contributed by atoms with Crippen LogP contribution in [-0.2, 0) is 4.79 Å². The van der Waals surface area contributed by atoms with Gasteiger partial charge in [-0.25, -0.2) is 0 Å². The van der Waals surface area contributed by atoms with Crippen molar-refractivity contribution in [2.75, 3.05) is 13.1 Å². The maximum Gasteiger partial charge on any atom is 0.234 e. The summed E-state index contributed by atoms with van der Waals surface area (Å²) >= 11 is 0. The molecule has 0 saturated heterocycles. The van der Waals surface area contributed by atoms with Crippen molar-refractivity contribution in [3.63, 3.8) is 0 Å². The molecule has 2 N–H and O–H groups in total. The largest absolute Gasteiger partial charge is 0.352 e. The van der Waals surface area contributed by atoms with Crippen molar-refractivity contribution >= 4 is 5.91 Å². The summed E-state index contributed by atoms with van der Waals surface area (Å²) in [6.07, 6.45) is 4.87. The minimum atomic E-state index is 0.142. The number of likely N-dealkylation sites (N-methyl/N-ethyl adjacent to an activating group) is 1. The molecule has 0 atom stereocenters. The van der Waals surface area contributed by atoms with Crippen molar-refractivity contribution in [1.29, 1.82) is 0 Å². The Hall–Kier alpha value is -0.570. The van der Waals surface area contributed by atoms with E-state index in [1.165, 1.54) is 12.8 Å². The molecule has 0 aromatic heterocycles. The van der Waals surface area contributed by atoms with Gasteiger partial charge in [-0.15, -0.1) is 0 Å². The average Bonchev–Trinajstić information content (AvgIpc) is 2.53. The van der Waals surface area contributed by atoms with Crippen LogP contribution in [0.25, 0.3) is 0 Å². The molecule has 1 rings (SSSR count). The van der Waals surface area contributed by atoms with Crippen LogP contribution in [-0.4, -0.2) is 25.0 Å². The van der Waals surface area contributed by atoms with Gasteiger partial charge in [0.15, 0.2) is 0 Å². The van der Waals surface area contributed by atoms with Crippen LogP contribution in [0.3, 0.4) is 0 Å². The van der Waals surface area contributed by atoms with E-state index in [2.05, 4.69) is 10.6 Å². The molecule has 1 amide bonds. The monoisotopic (exact) mass is 170 g/mol. The van der Waals surface area contributed by atoms with Crippen LogP contribution < -0.4 is 10.6 Å². The zero-order valence-electron chi connectivity index (χ0n) is 7.73. The fourth-order valence-electron chi connectivity index (χ4n) is 1.59. The third kappa shape index (κ3) is 3.22. The molecule has 1 aliphatic rings. The second kappa shape index (κ2) is 5.14. The van der Waals surface area contributed by atoms with Gasteiger partial charge in [0.25, 0.3) is 0 Å². The molecule has 0 radical (unpaired) electrons. The molecule has 1 aliphatic carbocycles. The number of rotatable bonds is 4. The Bertz CT molecular complexity index is 141. The van der Waals surface area contributed by atoms with Gasteiger partial charge in [-0.2, -0.15) is 0 Å². The number of carbonyl (C=O) groups is 1. The number of amides is 1. The molecule has 0 heterocycles. The van der Waals surface area contributed by atoms with E-state index in [0.717, 1.165) is 19.4 Å². The van der Waals surface area contributed by atoms with Crippen molar-refractivity contribution in [2.45, 2.75) is 38.6 Å². The van der Waals surface area contributed by atoms with Gasteiger partial charge in [-0.05, 0) is 19.4 Å². The highest BCUT2D eigenvalue weighted by Crippen LogP contribution is 2.17. The highest BCUT2D eigenvalue weighted by atomic mass is 16.1. The van der Waals surface area contributed by atoms with Crippen LogP contribution in [0.2, 0.25) is 0 Å². The quantitative estimate of drug-likeness (QED) is 0.650. The van der Waals surface area contributed by atoms with Gasteiger partial charge in [0.1, 0.15) is 0 Å². The van der Waals surface area contributed by atoms with Crippen molar-refractivity contribution in [3.05, 3.63) is 0 Å². The van der Waals surface area contributed by atoms with E-state index in [1.54, 1.807) is 0 Å². The number of hydrogen-bond donors (Lipinski definition) is 2. The third-order valence-electron chi connectivity index (χ3n) is 2.26. The maximum absolute atomic E-state index is 11.2. The van der Waals surface area contributed by atoms with Gasteiger partial charge in [0, 0.05) is 6.04 Å². The summed E-state index contributed by atoms with van der Waals surface area (Å²) in [4.78, 5) is 11.2. The van der Waals surface area contributed by atoms with Gasteiger partial charge in [0.05, 0.1) is 6.54 Å². The van der Waals surface area contributed by atoms with Crippen molar-refractivity contribution in [1.82, 2.24) is 10.6 Å². The molecule has 0 aliphatic heterocycles. The summed E-state index contributed by atoms with van der Waals surface area (Å²) in [7, 11) is 0. The number of nitrogens with one attached hydrogen (secondary N) is 2. The lowest BCUT2D eigenvalue weighted by Crippen LogP contribution is -2.39. The van der Waals surface area contributed by atoms with Gasteiger partial charge < -0.3 is 10.6 Å². The molecule has 3 heteroatoms. The summed E-state index contributed by atoms with van der Waals surface area (Å²) in [5, 5.41) is 6.02. The van der Waals surface area contributed by atoms with E-state index < -0.39 is 0 Å². The van der Waals surface area contributed by atoms with Crippen molar-refractivity contribution in [3.8, 4) is 0 Å². The molecule has 0 spiro atoms. The van der Waals surface area contributed by atoms with Gasteiger partial charge in [0.2, 0.25) is 5.91 Å². The van der Waals surface area contributed by atoms with Gasteiger partial charge >= 0.3 is 0 Å². The smallest absolute Gasteiger partial charge is 0.234 e. The fourth-order valence-corrected chi connectivity index (χ4v) is 1.59. The Kier molecular flexibility index (Phi) is 4.08. The van der Waals surface area contributed by atoms with E-state index >= 15 is 0 Å². The molecule has 0 aromatic carbocycles. The lowest BCUT2D eigenvalue weighted by Gasteiger charge is -2.11. The summed E-state index contributed by atoms with van der Waals surface area (Å²) < 4.78 is 0. The standard InChI is InChI=1S/C9H18N2O/c1-2-10-7-9(12)11-8-5-3-4-6-8/h8,10H,2-7H2,1H3,(H,11,12). The van der Waals surface area contributed by atoms with Crippen LogP contribution >= 0.6 is 0 Å². The van der Waals surface area contributed by atoms with Crippen molar-refractivity contribution < 1.29 is 4.79 Å². The first-order valence-corrected chi connectivity index (χ1v) is 4.83. The maximum atomic E-state index is 11.2. The predicted molar refractivity (Wildman–Crippen MR) is 48.9 cm³/mol. The zero-order valence-corrected chi connectivity index (χ0v) is 7.73. The first-order valence-electron chi connectivity index (χ1n) is 4.83. The lowest BCUT2D eigenvalue weighted by molar-refractivity contribution is -0.120. The Morgan fingerprint density at radius 3 is 2.67 bits per heavy atom. The summed E-state index contributed by atoms with van der Waals surface area (Å²) in [6.45, 7) is 3.33. The highest BCUT2D eigenvalue weighted by molar-refractivity contribution is 5.78. The topological polar surface area (TPSA) is 41.1 Å². The zero-order chi connectivity index (χ0) is 8.81. The Balaban J connectivity index is 2.08. The molecule has 0 bridgehead atoms. The molecule has 0 unspecified atom stereocenters. The molecular weight excluding hydrogens is 152 g/mol. The van der Waals surface area contributed by atoms with Gasteiger partial charge in [-0.3, -0.25) is 4.79 Å². The second-order valence-corrected chi connectivity index (χ2v) is 3.33. The lowest BCUT2D eigenvalue weighted by atomic mass is 10.2. The van der Waals surface area contributed by atoms with Crippen LogP contribution in [0.1, 0.15) is 32.6 Å². The predicted octanol–water partition coefficient (Wildman–Crippen LogP) is 0.655. The molecule has 70 valence electrons. The van der Waals surface area contributed by atoms with Crippen LogP contribution in [0.15, 0.2) is 0 Å². The van der Waals surface area contributed by atoms with Crippen molar-refractivity contribution in [2.24, 2.45) is 0 Å². The van der Waals surface area contributed by atoms with E-state index in [-0.39, 0.29) is 5.91 Å². The Labute approximate surface area is 73.9 Å². The summed E-state index contributed by atoms with van der Waals surface area (Å²) in [5.41, 5.74) is 0. The third-order valence-corrected chi connectivity index (χ3v) is 2.26. The first kappa shape index (κ1) is 9.52. The molecule has 12 heavy (non-hydrogen) atoms. The van der Waals surface area contributed by atoms with Gasteiger partial charge in [-0.1, -0.05) is 19.8 Å². The Morgan fingerprint density at radius 2 is 2.08 bits per heavy atom. The minimum absolute atomic E-state index is 0.142. The van der Waals surface area contributed by atoms with E-state index in [0.29, 0.717) is 12.6 Å². The van der Waals surface area contributed by atoms with Crippen LogP contribution in [0.4, 0.5) is 0 Å². The van der Waals surface area contributed by atoms with E-state index in [1.807, 2.05) is 6.92 Å². The second-order valence-electron chi connectivity index (χ2n) is 3.33. The Morgan fingerprint density at radius 1 is 1.42 bits per heavy atom. The molecular formula is C9H18N2O. The van der Waals surface area contributed by atoms with E-state index in [4.69, 9.17) is 0 Å². The minimum Gasteiger partial charge on any atom is -0.352 e. The van der Waals surface area contributed by atoms with Crippen LogP contribution in [0.5, 0.6) is 0 Å². The molecule has 3 nitrogen and oxygen atoms in total. The fraction of sp³-hybridized carbons (Fsp3) is 0.889. The average molecular weight is 170 g/mol. The SMILES string of the molecule is CCNCC(=O)NC1CCCC1. The normalized spacial score (nSPS) is 18.1. The summed E-state index contributed by atoms with van der Waals surface area (Å²) in [5.74, 6) is 0.142. The molecule has 1 fully saturated rings. The number of carbonyl (C=O) groups excluding carboxylic acids is 1. The highest BCUT2D eigenvalue weighted by Gasteiger charge is 2.16. The summed E-state index contributed by atoms with van der Waals surface area (Å²) in [6, 6.07) is 0.455. The molecule has 1 saturated carbocycles.